The number of phenols is 1. The molecule has 0 saturated carbocycles. The van der Waals surface area contributed by atoms with Gasteiger partial charge in [-0.1, -0.05) is 79.1 Å². The number of hydrogen-bond acceptors (Lipinski definition) is 5. The quantitative estimate of drug-likeness (QED) is 0.274. The summed E-state index contributed by atoms with van der Waals surface area (Å²) < 4.78 is 25.5. The molecule has 0 aromatic heterocycles. The highest BCUT2D eigenvalue weighted by atomic mass is 35.5. The largest absolute Gasteiger partial charge is 0.507 e. The molecule has 202 valence electrons. The van der Waals surface area contributed by atoms with Crippen molar-refractivity contribution >= 4 is 24.9 Å². The van der Waals surface area contributed by atoms with E-state index in [1.54, 1.807) is 0 Å². The van der Waals surface area contributed by atoms with Crippen molar-refractivity contribution in [2.75, 3.05) is 30.9 Å². The van der Waals surface area contributed by atoms with Crippen molar-refractivity contribution in [1.29, 1.82) is 0 Å². The summed E-state index contributed by atoms with van der Waals surface area (Å²) in [5, 5.41) is 11.9. The average Bonchev–Trinajstić information content (AvgIpc) is 2.79. The van der Waals surface area contributed by atoms with E-state index in [4.69, 9.17) is 20.6 Å². The molecular formula is C29H45ClNO4P. The fourth-order valence-corrected chi connectivity index (χ4v) is 5.94. The molecule has 36 heavy (non-hydrogen) atoms. The van der Waals surface area contributed by atoms with Crippen LogP contribution in [-0.4, -0.2) is 31.2 Å². The first-order chi connectivity index (χ1) is 16.7. The second-order valence-corrected chi connectivity index (χ2v) is 13.9. The Kier molecular flexibility index (Phi) is 10.9. The highest BCUT2D eigenvalue weighted by Gasteiger charge is 2.31. The minimum absolute atomic E-state index is 0.137. The summed E-state index contributed by atoms with van der Waals surface area (Å²) in [6, 6.07) is 11.8. The van der Waals surface area contributed by atoms with Crippen LogP contribution in [0.1, 0.15) is 84.9 Å². The van der Waals surface area contributed by atoms with Gasteiger partial charge in [0.2, 0.25) is 0 Å². The van der Waals surface area contributed by atoms with Gasteiger partial charge in [-0.2, -0.15) is 0 Å². The molecule has 0 aliphatic rings. The zero-order valence-corrected chi connectivity index (χ0v) is 25.0. The Bertz CT molecular complexity index is 978. The van der Waals surface area contributed by atoms with Crippen LogP contribution in [0.2, 0.25) is 5.02 Å². The molecule has 0 bridgehead atoms. The Balaban J connectivity index is 2.59. The molecule has 0 atom stereocenters. The molecule has 0 aliphatic carbocycles. The van der Waals surface area contributed by atoms with E-state index in [1.165, 1.54) is 0 Å². The summed E-state index contributed by atoms with van der Waals surface area (Å²) in [6.45, 7) is 17.9. The first-order valence-electron chi connectivity index (χ1n) is 13.0. The minimum atomic E-state index is -3.38. The lowest BCUT2D eigenvalue weighted by atomic mass is 9.79. The third-order valence-corrected chi connectivity index (χ3v) is 8.08. The molecule has 2 rings (SSSR count). The highest BCUT2D eigenvalue weighted by molar-refractivity contribution is 7.54. The molecule has 0 amide bonds. The van der Waals surface area contributed by atoms with Crippen molar-refractivity contribution in [3.8, 4) is 5.75 Å². The SMILES string of the molecule is CCCOP(=O)(CN(CCc1ccc(Cl)cc1)c1cc(C(C)(C)C)c(O)c(C(C)(C)C)c1)OCCC. The van der Waals surface area contributed by atoms with E-state index in [9.17, 15) is 9.67 Å². The van der Waals surface area contributed by atoms with Gasteiger partial charge >= 0.3 is 7.60 Å². The average molecular weight is 538 g/mol. The number of anilines is 1. The summed E-state index contributed by atoms with van der Waals surface area (Å²) in [6.07, 6.45) is 2.38. The van der Waals surface area contributed by atoms with Crippen molar-refractivity contribution in [2.24, 2.45) is 0 Å². The normalized spacial score (nSPS) is 12.7. The van der Waals surface area contributed by atoms with Gasteiger partial charge in [-0.25, -0.2) is 0 Å². The Labute approximate surface area is 223 Å². The third-order valence-electron chi connectivity index (χ3n) is 5.99. The Hall–Kier alpha value is -1.52. The fraction of sp³-hybridized carbons (Fsp3) is 0.586. The maximum absolute atomic E-state index is 13.8. The van der Waals surface area contributed by atoms with Crippen LogP contribution >= 0.6 is 19.2 Å². The summed E-state index contributed by atoms with van der Waals surface area (Å²) >= 11 is 6.09. The summed E-state index contributed by atoms with van der Waals surface area (Å²) in [7, 11) is -3.38. The van der Waals surface area contributed by atoms with Gasteiger partial charge in [0.05, 0.1) is 13.2 Å². The lowest BCUT2D eigenvalue weighted by Gasteiger charge is -2.33. The van der Waals surface area contributed by atoms with E-state index in [2.05, 4.69) is 46.4 Å². The molecular weight excluding hydrogens is 493 g/mol. The van der Waals surface area contributed by atoms with Gasteiger partial charge in [0, 0.05) is 28.4 Å². The van der Waals surface area contributed by atoms with Crippen molar-refractivity contribution in [3.05, 3.63) is 58.1 Å². The van der Waals surface area contributed by atoms with Crippen molar-refractivity contribution in [1.82, 2.24) is 0 Å². The predicted molar refractivity (Wildman–Crippen MR) is 153 cm³/mol. The van der Waals surface area contributed by atoms with Crippen LogP contribution in [0.4, 0.5) is 5.69 Å². The van der Waals surface area contributed by atoms with Gasteiger partial charge in [-0.15, -0.1) is 0 Å². The number of benzene rings is 2. The second-order valence-electron chi connectivity index (χ2n) is 11.4. The molecule has 0 fully saturated rings. The van der Waals surface area contributed by atoms with Crippen LogP contribution in [0.5, 0.6) is 5.75 Å². The molecule has 0 spiro atoms. The smallest absolute Gasteiger partial charge is 0.349 e. The van der Waals surface area contributed by atoms with E-state index in [0.717, 1.165) is 41.6 Å². The van der Waals surface area contributed by atoms with Gasteiger partial charge in [0.25, 0.3) is 0 Å². The molecule has 2 aromatic rings. The fourth-order valence-electron chi connectivity index (χ4n) is 3.93. The van der Waals surface area contributed by atoms with Crippen LogP contribution < -0.4 is 4.90 Å². The van der Waals surface area contributed by atoms with Crippen LogP contribution in [0.15, 0.2) is 36.4 Å². The van der Waals surface area contributed by atoms with E-state index in [1.807, 2.05) is 50.2 Å². The van der Waals surface area contributed by atoms with Gasteiger partial charge in [0.15, 0.2) is 0 Å². The van der Waals surface area contributed by atoms with Crippen LogP contribution in [0.25, 0.3) is 0 Å². The predicted octanol–water partition coefficient (Wildman–Crippen LogP) is 8.69. The van der Waals surface area contributed by atoms with Crippen LogP contribution in [-0.2, 0) is 30.9 Å². The Morgan fingerprint density at radius 1 is 0.889 bits per heavy atom. The van der Waals surface area contributed by atoms with E-state index < -0.39 is 7.60 Å². The van der Waals surface area contributed by atoms with Gasteiger partial charge in [-0.3, -0.25) is 4.57 Å². The van der Waals surface area contributed by atoms with Crippen molar-refractivity contribution in [2.45, 2.75) is 85.5 Å². The highest BCUT2D eigenvalue weighted by Crippen LogP contribution is 2.50. The lowest BCUT2D eigenvalue weighted by Crippen LogP contribution is -2.29. The van der Waals surface area contributed by atoms with Gasteiger partial charge < -0.3 is 19.1 Å². The lowest BCUT2D eigenvalue weighted by molar-refractivity contribution is 0.204. The Morgan fingerprint density at radius 3 is 1.78 bits per heavy atom. The monoisotopic (exact) mass is 537 g/mol. The molecule has 1 N–H and O–H groups in total. The molecule has 2 aromatic carbocycles. The number of nitrogens with zero attached hydrogens (tertiary/aromatic N) is 1. The molecule has 5 nitrogen and oxygen atoms in total. The Morgan fingerprint density at radius 2 is 1.36 bits per heavy atom. The van der Waals surface area contributed by atoms with Crippen molar-refractivity contribution in [3.63, 3.8) is 0 Å². The molecule has 7 heteroatoms. The molecule has 0 aliphatic heterocycles. The summed E-state index contributed by atoms with van der Waals surface area (Å²) in [5.74, 6) is 0.323. The minimum Gasteiger partial charge on any atom is -0.507 e. The zero-order valence-electron chi connectivity index (χ0n) is 23.4. The van der Waals surface area contributed by atoms with Crippen LogP contribution in [0.3, 0.4) is 0 Å². The van der Waals surface area contributed by atoms with E-state index in [0.29, 0.717) is 30.5 Å². The maximum atomic E-state index is 13.8. The molecule has 0 saturated heterocycles. The topological polar surface area (TPSA) is 59.0 Å². The number of halogens is 1. The van der Waals surface area contributed by atoms with E-state index in [-0.39, 0.29) is 17.1 Å². The number of aromatic hydroxyl groups is 1. The number of rotatable bonds is 12. The first kappa shape index (κ1) is 30.7. The molecule has 0 radical (unpaired) electrons. The number of hydrogen-bond donors (Lipinski definition) is 1. The van der Waals surface area contributed by atoms with Crippen LogP contribution in [0, 0.1) is 0 Å². The number of phenolic OH excluding ortho intramolecular Hbond substituents is 1. The summed E-state index contributed by atoms with van der Waals surface area (Å²) in [5.41, 5.74) is 3.21. The van der Waals surface area contributed by atoms with Gasteiger partial charge in [-0.05, 0) is 59.9 Å². The first-order valence-corrected chi connectivity index (χ1v) is 15.1. The maximum Gasteiger partial charge on any atom is 0.349 e. The third kappa shape index (κ3) is 8.80. The molecule has 0 unspecified atom stereocenters. The molecule has 0 heterocycles. The standard InChI is InChI=1S/C29H45ClNO4P/c1-9-17-34-36(33,35-18-10-2)21-31(16-15-22-11-13-23(30)14-12-22)24-19-25(28(3,4)5)27(32)26(20-24)29(6,7)8/h11-14,19-20,32H,9-10,15-18,21H2,1-8H3. The van der Waals surface area contributed by atoms with Crippen molar-refractivity contribution < 1.29 is 18.7 Å². The summed E-state index contributed by atoms with van der Waals surface area (Å²) in [4.78, 5) is 2.09. The zero-order chi connectivity index (χ0) is 27.1. The van der Waals surface area contributed by atoms with E-state index >= 15 is 0 Å². The van der Waals surface area contributed by atoms with Gasteiger partial charge in [0.1, 0.15) is 12.0 Å². The second kappa shape index (κ2) is 12.8.